The molecule has 9 heteroatoms. The first kappa shape index (κ1) is 17.4. The van der Waals surface area contributed by atoms with E-state index < -0.39 is 0 Å². The number of nitrogens with zero attached hydrogens (tertiary/aromatic N) is 3. The molecule has 0 atom stereocenters. The van der Waals surface area contributed by atoms with Gasteiger partial charge in [-0.1, -0.05) is 60.4 Å². The molecule has 1 aromatic heterocycles. The third-order valence-electron chi connectivity index (χ3n) is 3.83. The second-order valence-electron chi connectivity index (χ2n) is 5.66. The summed E-state index contributed by atoms with van der Waals surface area (Å²) in [6, 6.07) is 14.6. The number of hydrogen-bond donors (Lipinski definition) is 1. The Kier molecular flexibility index (Phi) is 4.69. The van der Waals surface area contributed by atoms with Crippen molar-refractivity contribution in [2.75, 3.05) is 11.9 Å². The molecule has 134 valence electrons. The first-order valence-corrected chi connectivity index (χ1v) is 9.16. The molecule has 1 aliphatic rings. The number of carbonyl (C=O) groups is 2. The molecule has 2 amide bonds. The van der Waals surface area contributed by atoms with E-state index in [2.05, 4.69) is 20.3 Å². The summed E-state index contributed by atoms with van der Waals surface area (Å²) in [5.41, 5.74) is 2.33. The maximum Gasteiger partial charge on any atom is 0.266 e. The number of nitrogens with one attached hydrogen (secondary N) is 1. The number of carbonyl (C=O) groups excluding carboxylic acids is 2. The predicted octanol–water partition coefficient (Wildman–Crippen LogP) is 3.06. The van der Waals surface area contributed by atoms with Crippen LogP contribution in [0.25, 0.3) is 17.1 Å². The van der Waals surface area contributed by atoms with Crippen LogP contribution in [0.2, 0.25) is 0 Å². The van der Waals surface area contributed by atoms with Crippen LogP contribution in [0.4, 0.5) is 5.69 Å². The largest absolute Gasteiger partial charge is 0.322 e. The highest BCUT2D eigenvalue weighted by atomic mass is 32.2. The number of rotatable bonds is 4. The zero-order chi connectivity index (χ0) is 18.8. The highest BCUT2D eigenvalue weighted by Gasteiger charge is 2.33. The molecule has 0 aliphatic carbocycles. The summed E-state index contributed by atoms with van der Waals surface area (Å²) in [5.74, 6) is -0.673. The number of anilines is 1. The van der Waals surface area contributed by atoms with Crippen LogP contribution < -0.4 is 5.32 Å². The lowest BCUT2D eigenvalue weighted by Gasteiger charge is -2.14. The first-order chi connectivity index (χ1) is 13.1. The molecule has 1 saturated heterocycles. The van der Waals surface area contributed by atoms with Gasteiger partial charge >= 0.3 is 0 Å². The highest BCUT2D eigenvalue weighted by Crippen LogP contribution is 2.32. The summed E-state index contributed by atoms with van der Waals surface area (Å²) in [4.78, 5) is 26.8. The standard InChI is InChI=1S/C18H12N4O3S2/c23-15(19-12-7-4-8-13-16(12)21-25-20-13)10-22-17(24)14(27-18(22)26)9-11-5-2-1-3-6-11/h1-9H,10H2,(H,19,23)/b14-9+. The molecule has 7 nitrogen and oxygen atoms in total. The van der Waals surface area contributed by atoms with Gasteiger partial charge in [0.05, 0.1) is 10.6 Å². The van der Waals surface area contributed by atoms with E-state index in [1.54, 1.807) is 24.3 Å². The van der Waals surface area contributed by atoms with E-state index >= 15 is 0 Å². The molecule has 0 saturated carbocycles. The quantitative estimate of drug-likeness (QED) is 0.535. The molecule has 1 N–H and O–H groups in total. The Morgan fingerprint density at radius 1 is 1.19 bits per heavy atom. The fourth-order valence-electron chi connectivity index (χ4n) is 2.58. The summed E-state index contributed by atoms with van der Waals surface area (Å²) in [6.45, 7) is -0.182. The SMILES string of the molecule is O=C(CN1C(=O)/C(=C\c2ccccc2)SC1=S)Nc1cccc2nonc12. The van der Waals surface area contributed by atoms with Crippen molar-refractivity contribution in [2.24, 2.45) is 0 Å². The van der Waals surface area contributed by atoms with Crippen LogP contribution in [-0.2, 0) is 9.59 Å². The molecule has 2 heterocycles. The van der Waals surface area contributed by atoms with Crippen molar-refractivity contribution < 1.29 is 14.2 Å². The number of thiocarbonyl (C=S) groups is 1. The average molecular weight is 396 g/mol. The molecule has 0 spiro atoms. The highest BCUT2D eigenvalue weighted by molar-refractivity contribution is 8.26. The fraction of sp³-hybridized carbons (Fsp3) is 0.0556. The van der Waals surface area contributed by atoms with Gasteiger partial charge in [-0.25, -0.2) is 4.63 Å². The van der Waals surface area contributed by atoms with Crippen LogP contribution in [-0.4, -0.2) is 37.9 Å². The Morgan fingerprint density at radius 3 is 2.81 bits per heavy atom. The van der Waals surface area contributed by atoms with Crippen molar-refractivity contribution in [3.63, 3.8) is 0 Å². The zero-order valence-electron chi connectivity index (χ0n) is 13.8. The van der Waals surface area contributed by atoms with Crippen LogP contribution >= 0.6 is 24.0 Å². The minimum atomic E-state index is -0.386. The number of fused-ring (bicyclic) bond motifs is 1. The third-order valence-corrected chi connectivity index (χ3v) is 5.21. The predicted molar refractivity (Wildman–Crippen MR) is 107 cm³/mol. The van der Waals surface area contributed by atoms with Crippen LogP contribution in [0.15, 0.2) is 58.1 Å². The van der Waals surface area contributed by atoms with Crippen molar-refractivity contribution in [1.29, 1.82) is 0 Å². The Hall–Kier alpha value is -3.04. The molecular weight excluding hydrogens is 384 g/mol. The van der Waals surface area contributed by atoms with Crippen LogP contribution in [0.5, 0.6) is 0 Å². The van der Waals surface area contributed by atoms with Gasteiger partial charge in [-0.05, 0) is 34.1 Å². The van der Waals surface area contributed by atoms with E-state index in [1.807, 2.05) is 30.3 Å². The van der Waals surface area contributed by atoms with Crippen molar-refractivity contribution >= 4 is 62.9 Å². The zero-order valence-corrected chi connectivity index (χ0v) is 15.4. The van der Waals surface area contributed by atoms with Crippen LogP contribution in [0.1, 0.15) is 5.56 Å². The van der Waals surface area contributed by atoms with Gasteiger partial charge in [0, 0.05) is 0 Å². The maximum absolute atomic E-state index is 12.6. The van der Waals surface area contributed by atoms with Crippen molar-refractivity contribution in [3.05, 3.63) is 59.0 Å². The van der Waals surface area contributed by atoms with E-state index in [4.69, 9.17) is 12.2 Å². The Balaban J connectivity index is 1.48. The molecule has 4 rings (SSSR count). The van der Waals surface area contributed by atoms with E-state index in [9.17, 15) is 9.59 Å². The lowest BCUT2D eigenvalue weighted by molar-refractivity contribution is -0.126. The second-order valence-corrected chi connectivity index (χ2v) is 7.34. The van der Waals surface area contributed by atoms with Crippen LogP contribution in [0, 0.1) is 0 Å². The van der Waals surface area contributed by atoms with Gasteiger partial charge in [0.1, 0.15) is 16.4 Å². The Bertz CT molecular complexity index is 1080. The van der Waals surface area contributed by atoms with E-state index in [-0.39, 0.29) is 18.4 Å². The van der Waals surface area contributed by atoms with Crippen molar-refractivity contribution in [2.45, 2.75) is 0 Å². The van der Waals surface area contributed by atoms with Gasteiger partial charge in [0.2, 0.25) is 5.91 Å². The van der Waals surface area contributed by atoms with Gasteiger partial charge in [0.25, 0.3) is 5.91 Å². The lowest BCUT2D eigenvalue weighted by Crippen LogP contribution is -2.36. The molecule has 1 fully saturated rings. The van der Waals surface area contributed by atoms with Gasteiger partial charge in [-0.3, -0.25) is 14.5 Å². The van der Waals surface area contributed by atoms with Gasteiger partial charge in [-0.15, -0.1) is 0 Å². The maximum atomic E-state index is 12.6. The first-order valence-electron chi connectivity index (χ1n) is 7.93. The molecule has 0 radical (unpaired) electrons. The molecular formula is C18H12N4O3S2. The minimum absolute atomic E-state index is 0.182. The van der Waals surface area contributed by atoms with Gasteiger partial charge in [0.15, 0.2) is 5.52 Å². The van der Waals surface area contributed by atoms with Gasteiger partial charge < -0.3 is 5.32 Å². The van der Waals surface area contributed by atoms with Crippen LogP contribution in [0.3, 0.4) is 0 Å². The minimum Gasteiger partial charge on any atom is -0.322 e. The van der Waals surface area contributed by atoms with Gasteiger partial charge in [-0.2, -0.15) is 0 Å². The number of amides is 2. The average Bonchev–Trinajstić information content (AvgIpc) is 3.24. The summed E-state index contributed by atoms with van der Waals surface area (Å²) >= 11 is 6.45. The topological polar surface area (TPSA) is 88.3 Å². The number of benzene rings is 2. The van der Waals surface area contributed by atoms with E-state index in [1.165, 1.54) is 16.7 Å². The normalized spacial score (nSPS) is 15.7. The van der Waals surface area contributed by atoms with E-state index in [0.717, 1.165) is 5.56 Å². The Morgan fingerprint density at radius 2 is 2.00 bits per heavy atom. The number of thioether (sulfide) groups is 1. The molecule has 27 heavy (non-hydrogen) atoms. The molecule has 3 aromatic rings. The van der Waals surface area contributed by atoms with Crippen molar-refractivity contribution in [3.8, 4) is 0 Å². The molecule has 0 unspecified atom stereocenters. The third kappa shape index (κ3) is 3.60. The number of hydrogen-bond acceptors (Lipinski definition) is 7. The lowest BCUT2D eigenvalue weighted by atomic mass is 10.2. The molecule has 2 aromatic carbocycles. The second kappa shape index (κ2) is 7.29. The van der Waals surface area contributed by atoms with E-state index in [0.29, 0.717) is 25.9 Å². The Labute approximate surface area is 163 Å². The number of aromatic nitrogens is 2. The van der Waals surface area contributed by atoms with Crippen molar-refractivity contribution in [1.82, 2.24) is 15.2 Å². The molecule has 0 bridgehead atoms. The summed E-state index contributed by atoms with van der Waals surface area (Å²) in [5, 5.41) is 10.2. The monoisotopic (exact) mass is 396 g/mol. The summed E-state index contributed by atoms with van der Waals surface area (Å²) in [7, 11) is 0. The smallest absolute Gasteiger partial charge is 0.266 e. The summed E-state index contributed by atoms with van der Waals surface area (Å²) < 4.78 is 5.02. The fourth-order valence-corrected chi connectivity index (χ4v) is 3.83. The summed E-state index contributed by atoms with van der Waals surface area (Å²) in [6.07, 6.45) is 1.76. The molecule has 1 aliphatic heterocycles.